The molecular weight excluding hydrogens is 144 g/mol. The first-order valence-corrected chi connectivity index (χ1v) is 3.11. The third-order valence-electron chi connectivity index (χ3n) is 1.35. The Morgan fingerprint density at radius 1 is 1.55 bits per heavy atom. The molecule has 0 radical (unpaired) electrons. The molecule has 0 aliphatic heterocycles. The normalized spacial score (nSPS) is 9.27. The van der Waals surface area contributed by atoms with Crippen LogP contribution in [0, 0.1) is 0 Å². The molecule has 0 fully saturated rings. The van der Waals surface area contributed by atoms with Crippen LogP contribution in [0.15, 0.2) is 18.2 Å². The maximum Gasteiger partial charge on any atom is 0.160 e. The van der Waals surface area contributed by atoms with E-state index in [4.69, 9.17) is 10.6 Å². The number of hydrogen-bond donors (Lipinski definition) is 3. The minimum Gasteiger partial charge on any atom is -0.504 e. The van der Waals surface area contributed by atoms with E-state index in [-0.39, 0.29) is 5.75 Å². The van der Waals surface area contributed by atoms with Crippen LogP contribution in [0.4, 0.5) is 5.69 Å². The average Bonchev–Trinajstić information content (AvgIpc) is 2.04. The predicted octanol–water partition coefficient (Wildman–Crippen LogP) is 0.686. The van der Waals surface area contributed by atoms with E-state index in [0.29, 0.717) is 11.4 Å². The first-order valence-electron chi connectivity index (χ1n) is 3.11. The maximum atomic E-state index is 9.20. The van der Waals surface area contributed by atoms with Gasteiger partial charge < -0.3 is 15.3 Å². The van der Waals surface area contributed by atoms with Gasteiger partial charge in [0.2, 0.25) is 0 Å². The summed E-state index contributed by atoms with van der Waals surface area (Å²) in [5.41, 5.74) is 3.05. The topological polar surface area (TPSA) is 67.5 Å². The summed E-state index contributed by atoms with van der Waals surface area (Å²) in [7, 11) is 1.49. The number of hydrazine groups is 1. The van der Waals surface area contributed by atoms with Crippen molar-refractivity contribution in [2.45, 2.75) is 0 Å². The van der Waals surface area contributed by atoms with Gasteiger partial charge in [-0.2, -0.15) is 0 Å². The molecule has 0 aliphatic rings. The molecule has 1 rings (SSSR count). The Hall–Kier alpha value is -1.42. The lowest BCUT2D eigenvalue weighted by atomic mass is 10.3. The molecule has 0 bridgehead atoms. The fraction of sp³-hybridized carbons (Fsp3) is 0.143. The zero-order chi connectivity index (χ0) is 8.27. The molecule has 0 saturated carbocycles. The van der Waals surface area contributed by atoms with Crippen LogP contribution >= 0.6 is 0 Å². The van der Waals surface area contributed by atoms with E-state index in [1.165, 1.54) is 13.2 Å². The number of nitrogens with two attached hydrogens (primary N) is 1. The van der Waals surface area contributed by atoms with Gasteiger partial charge in [-0.05, 0) is 12.1 Å². The van der Waals surface area contributed by atoms with Crippen molar-refractivity contribution < 1.29 is 9.84 Å². The third-order valence-corrected chi connectivity index (χ3v) is 1.35. The summed E-state index contributed by atoms with van der Waals surface area (Å²) in [5.74, 6) is 5.61. The van der Waals surface area contributed by atoms with E-state index in [1.54, 1.807) is 12.1 Å². The lowest BCUT2D eigenvalue weighted by molar-refractivity contribution is 0.373. The monoisotopic (exact) mass is 154 g/mol. The Morgan fingerprint density at radius 3 is 2.73 bits per heavy atom. The Morgan fingerprint density at radius 2 is 2.27 bits per heavy atom. The maximum absolute atomic E-state index is 9.20. The van der Waals surface area contributed by atoms with Gasteiger partial charge in [0.05, 0.1) is 12.8 Å². The summed E-state index contributed by atoms with van der Waals surface area (Å²) >= 11 is 0. The molecule has 1 aromatic carbocycles. The highest BCUT2D eigenvalue weighted by molar-refractivity contribution is 5.53. The second-order valence-electron chi connectivity index (χ2n) is 2.03. The molecule has 0 spiro atoms. The van der Waals surface area contributed by atoms with Crippen LogP contribution in [-0.2, 0) is 0 Å². The van der Waals surface area contributed by atoms with E-state index < -0.39 is 0 Å². The molecule has 0 aromatic heterocycles. The highest BCUT2D eigenvalue weighted by Crippen LogP contribution is 2.27. The molecule has 4 N–H and O–H groups in total. The van der Waals surface area contributed by atoms with Gasteiger partial charge in [0.25, 0.3) is 0 Å². The largest absolute Gasteiger partial charge is 0.504 e. The smallest absolute Gasteiger partial charge is 0.160 e. The molecule has 60 valence electrons. The number of aromatic hydroxyl groups is 1. The minimum absolute atomic E-state index is 0.0722. The Kier molecular flexibility index (Phi) is 2.18. The molecule has 0 heterocycles. The summed E-state index contributed by atoms with van der Waals surface area (Å²) in [6.07, 6.45) is 0. The van der Waals surface area contributed by atoms with Gasteiger partial charge in [-0.25, -0.2) is 0 Å². The highest BCUT2D eigenvalue weighted by Gasteiger charge is 1.99. The second kappa shape index (κ2) is 3.12. The number of anilines is 1. The average molecular weight is 154 g/mol. The van der Waals surface area contributed by atoms with E-state index in [2.05, 4.69) is 5.43 Å². The van der Waals surface area contributed by atoms with Crippen LogP contribution < -0.4 is 16.0 Å². The van der Waals surface area contributed by atoms with E-state index in [0.717, 1.165) is 0 Å². The van der Waals surface area contributed by atoms with Crippen molar-refractivity contribution in [1.29, 1.82) is 0 Å². The van der Waals surface area contributed by atoms with Crippen LogP contribution in [0.5, 0.6) is 11.5 Å². The number of ether oxygens (including phenoxy) is 1. The predicted molar refractivity (Wildman–Crippen MR) is 42.5 cm³/mol. The number of methoxy groups -OCH3 is 1. The lowest BCUT2D eigenvalue weighted by Gasteiger charge is -2.04. The first kappa shape index (κ1) is 7.68. The van der Waals surface area contributed by atoms with E-state index in [9.17, 15) is 5.11 Å². The number of hydrogen-bond acceptors (Lipinski definition) is 4. The zero-order valence-corrected chi connectivity index (χ0v) is 6.16. The Bertz CT molecular complexity index is 250. The summed E-state index contributed by atoms with van der Waals surface area (Å²) in [5, 5.41) is 9.20. The minimum atomic E-state index is 0.0722. The number of nitrogens with one attached hydrogen (secondary N) is 1. The molecule has 0 unspecified atom stereocenters. The van der Waals surface area contributed by atoms with Crippen molar-refractivity contribution in [3.63, 3.8) is 0 Å². The van der Waals surface area contributed by atoms with Crippen LogP contribution in [0.1, 0.15) is 0 Å². The first-order chi connectivity index (χ1) is 5.27. The third kappa shape index (κ3) is 1.53. The number of phenols is 1. The molecule has 0 aliphatic carbocycles. The van der Waals surface area contributed by atoms with Crippen molar-refractivity contribution in [1.82, 2.24) is 0 Å². The molecule has 0 saturated heterocycles. The molecule has 0 atom stereocenters. The molecule has 1 aromatic rings. The van der Waals surface area contributed by atoms with Gasteiger partial charge in [-0.3, -0.25) is 5.84 Å². The zero-order valence-electron chi connectivity index (χ0n) is 6.16. The van der Waals surface area contributed by atoms with Gasteiger partial charge in [-0.1, -0.05) is 0 Å². The molecule has 11 heavy (non-hydrogen) atoms. The van der Waals surface area contributed by atoms with Crippen molar-refractivity contribution in [3.05, 3.63) is 18.2 Å². The number of phenolic OH excluding ortho intramolecular Hbond substituents is 1. The molecule has 4 heteroatoms. The van der Waals surface area contributed by atoms with Crippen LogP contribution in [0.2, 0.25) is 0 Å². The highest BCUT2D eigenvalue weighted by atomic mass is 16.5. The van der Waals surface area contributed by atoms with Crippen LogP contribution in [-0.4, -0.2) is 12.2 Å². The van der Waals surface area contributed by atoms with Crippen molar-refractivity contribution in [3.8, 4) is 11.5 Å². The summed E-state index contributed by atoms with van der Waals surface area (Å²) in [4.78, 5) is 0. The van der Waals surface area contributed by atoms with Crippen molar-refractivity contribution in [2.75, 3.05) is 12.5 Å². The lowest BCUT2D eigenvalue weighted by Crippen LogP contribution is -2.06. The quantitative estimate of drug-likeness (QED) is 0.433. The molecule has 4 nitrogen and oxygen atoms in total. The van der Waals surface area contributed by atoms with E-state index >= 15 is 0 Å². The Balaban J connectivity index is 2.99. The number of rotatable bonds is 2. The van der Waals surface area contributed by atoms with Gasteiger partial charge in [0, 0.05) is 6.07 Å². The summed E-state index contributed by atoms with van der Waals surface area (Å²) < 4.78 is 4.83. The fourth-order valence-corrected chi connectivity index (χ4v) is 0.780. The summed E-state index contributed by atoms with van der Waals surface area (Å²) in [6, 6.07) is 4.82. The standard InChI is InChI=1S/C7H10N2O2/c1-11-7-3-2-5(9-8)4-6(7)10/h2-4,9-10H,8H2,1H3. The summed E-state index contributed by atoms with van der Waals surface area (Å²) in [6.45, 7) is 0. The SMILES string of the molecule is COc1ccc(NN)cc1O. The molecule has 0 amide bonds. The van der Waals surface area contributed by atoms with Gasteiger partial charge >= 0.3 is 0 Å². The van der Waals surface area contributed by atoms with Gasteiger partial charge in [0.1, 0.15) is 0 Å². The number of benzene rings is 1. The van der Waals surface area contributed by atoms with Crippen LogP contribution in [0.25, 0.3) is 0 Å². The Labute approximate surface area is 64.6 Å². The fourth-order valence-electron chi connectivity index (χ4n) is 0.780. The van der Waals surface area contributed by atoms with Crippen molar-refractivity contribution >= 4 is 5.69 Å². The van der Waals surface area contributed by atoms with Gasteiger partial charge in [0.15, 0.2) is 11.5 Å². The van der Waals surface area contributed by atoms with E-state index in [1.807, 2.05) is 0 Å². The number of nitrogen functional groups attached to an aromatic ring is 1. The second-order valence-corrected chi connectivity index (χ2v) is 2.03. The van der Waals surface area contributed by atoms with Crippen LogP contribution in [0.3, 0.4) is 0 Å². The van der Waals surface area contributed by atoms with Crippen molar-refractivity contribution in [2.24, 2.45) is 5.84 Å². The van der Waals surface area contributed by atoms with Gasteiger partial charge in [-0.15, -0.1) is 0 Å². The molecular formula is C7H10N2O2.